The zero-order valence-corrected chi connectivity index (χ0v) is 10.3. The minimum absolute atomic E-state index is 0.327. The SMILES string of the molecule is Cc1cc(Cl)cc(-c2cccc(F)c2C(=O)O)c1. The molecule has 0 spiro atoms. The van der Waals surface area contributed by atoms with Gasteiger partial charge in [-0.15, -0.1) is 0 Å². The van der Waals surface area contributed by atoms with Crippen LogP contribution < -0.4 is 0 Å². The molecule has 0 amide bonds. The van der Waals surface area contributed by atoms with Crippen LogP contribution in [0.2, 0.25) is 5.02 Å². The van der Waals surface area contributed by atoms with Crippen LogP contribution in [0.25, 0.3) is 11.1 Å². The molecule has 0 fully saturated rings. The number of aryl methyl sites for hydroxylation is 1. The predicted molar refractivity (Wildman–Crippen MR) is 68.5 cm³/mol. The second kappa shape index (κ2) is 4.78. The van der Waals surface area contributed by atoms with Gasteiger partial charge in [-0.2, -0.15) is 0 Å². The van der Waals surface area contributed by atoms with E-state index in [-0.39, 0.29) is 5.56 Å². The van der Waals surface area contributed by atoms with Gasteiger partial charge in [-0.05, 0) is 41.8 Å². The van der Waals surface area contributed by atoms with Gasteiger partial charge in [0.2, 0.25) is 0 Å². The molecule has 0 aliphatic carbocycles. The second-order valence-corrected chi connectivity index (χ2v) is 4.42. The van der Waals surface area contributed by atoms with Crippen LogP contribution in [0.1, 0.15) is 15.9 Å². The van der Waals surface area contributed by atoms with Crippen molar-refractivity contribution >= 4 is 17.6 Å². The number of aromatic carboxylic acids is 1. The van der Waals surface area contributed by atoms with E-state index in [2.05, 4.69) is 0 Å². The van der Waals surface area contributed by atoms with E-state index in [4.69, 9.17) is 16.7 Å². The van der Waals surface area contributed by atoms with Crippen molar-refractivity contribution in [2.45, 2.75) is 6.92 Å². The van der Waals surface area contributed by atoms with Crippen LogP contribution >= 0.6 is 11.6 Å². The Morgan fingerprint density at radius 3 is 2.61 bits per heavy atom. The maximum absolute atomic E-state index is 13.6. The van der Waals surface area contributed by atoms with E-state index in [1.165, 1.54) is 6.07 Å². The zero-order valence-electron chi connectivity index (χ0n) is 9.58. The number of rotatable bonds is 2. The van der Waals surface area contributed by atoms with Gasteiger partial charge in [-0.3, -0.25) is 0 Å². The summed E-state index contributed by atoms with van der Waals surface area (Å²) in [6.45, 7) is 1.84. The first-order valence-corrected chi connectivity index (χ1v) is 5.66. The highest BCUT2D eigenvalue weighted by molar-refractivity contribution is 6.31. The molecule has 0 aliphatic heterocycles. The Kier molecular flexibility index (Phi) is 3.34. The van der Waals surface area contributed by atoms with Gasteiger partial charge in [0.25, 0.3) is 0 Å². The number of hydrogen-bond acceptors (Lipinski definition) is 1. The molecule has 4 heteroatoms. The average molecular weight is 265 g/mol. The maximum Gasteiger partial charge on any atom is 0.339 e. The molecule has 0 bridgehead atoms. The summed E-state index contributed by atoms with van der Waals surface area (Å²) in [4.78, 5) is 11.1. The topological polar surface area (TPSA) is 37.3 Å². The van der Waals surface area contributed by atoms with Crippen molar-refractivity contribution in [3.05, 3.63) is 58.4 Å². The Hall–Kier alpha value is -1.87. The molecule has 2 aromatic rings. The summed E-state index contributed by atoms with van der Waals surface area (Å²) in [7, 11) is 0. The molecule has 0 saturated carbocycles. The standard InChI is InChI=1S/C14H10ClFO2/c1-8-5-9(7-10(15)6-8)11-3-2-4-12(16)13(11)14(17)18/h2-7H,1H3,(H,17,18). The van der Waals surface area contributed by atoms with E-state index in [0.29, 0.717) is 16.1 Å². The molecule has 92 valence electrons. The largest absolute Gasteiger partial charge is 0.478 e. The van der Waals surface area contributed by atoms with Crippen LogP contribution in [-0.2, 0) is 0 Å². The fourth-order valence-electron chi connectivity index (χ4n) is 1.87. The number of halogens is 2. The molecule has 2 nitrogen and oxygen atoms in total. The van der Waals surface area contributed by atoms with Gasteiger partial charge in [0.1, 0.15) is 11.4 Å². The molecule has 0 aromatic heterocycles. The minimum Gasteiger partial charge on any atom is -0.478 e. The summed E-state index contributed by atoms with van der Waals surface area (Å²) in [6, 6.07) is 9.32. The van der Waals surface area contributed by atoms with Crippen LogP contribution in [0, 0.1) is 12.7 Å². The quantitative estimate of drug-likeness (QED) is 0.885. The third kappa shape index (κ3) is 2.36. The van der Waals surface area contributed by atoms with E-state index in [0.717, 1.165) is 11.6 Å². The van der Waals surface area contributed by atoms with Gasteiger partial charge in [-0.25, -0.2) is 9.18 Å². The fourth-order valence-corrected chi connectivity index (χ4v) is 2.16. The summed E-state index contributed by atoms with van der Waals surface area (Å²) < 4.78 is 13.6. The lowest BCUT2D eigenvalue weighted by Gasteiger charge is -2.08. The van der Waals surface area contributed by atoms with E-state index >= 15 is 0 Å². The summed E-state index contributed by atoms with van der Waals surface area (Å²) >= 11 is 5.93. The van der Waals surface area contributed by atoms with Gasteiger partial charge in [-0.1, -0.05) is 29.8 Å². The van der Waals surface area contributed by atoms with Crippen molar-refractivity contribution in [2.24, 2.45) is 0 Å². The summed E-state index contributed by atoms with van der Waals surface area (Å²) in [5.41, 5.74) is 1.47. The smallest absolute Gasteiger partial charge is 0.339 e. The number of hydrogen-bond donors (Lipinski definition) is 1. The first-order chi connectivity index (χ1) is 8.49. The Balaban J connectivity index is 2.71. The summed E-state index contributed by atoms with van der Waals surface area (Å²) in [6.07, 6.45) is 0. The van der Waals surface area contributed by atoms with Crippen LogP contribution in [0.5, 0.6) is 0 Å². The normalized spacial score (nSPS) is 10.4. The Morgan fingerprint density at radius 1 is 1.28 bits per heavy atom. The third-order valence-corrected chi connectivity index (χ3v) is 2.80. The Morgan fingerprint density at radius 2 is 2.00 bits per heavy atom. The molecule has 2 rings (SSSR count). The van der Waals surface area contributed by atoms with Gasteiger partial charge in [0.05, 0.1) is 0 Å². The monoisotopic (exact) mass is 264 g/mol. The molecule has 1 N–H and O–H groups in total. The van der Waals surface area contributed by atoms with Crippen LogP contribution in [-0.4, -0.2) is 11.1 Å². The van der Waals surface area contributed by atoms with Gasteiger partial charge in [0, 0.05) is 5.02 Å². The molecule has 0 atom stereocenters. The Bertz CT molecular complexity index is 603. The van der Waals surface area contributed by atoms with E-state index in [1.807, 2.05) is 6.92 Å². The average Bonchev–Trinajstić information content (AvgIpc) is 2.26. The van der Waals surface area contributed by atoms with Crippen molar-refractivity contribution in [2.75, 3.05) is 0 Å². The molecule has 0 aliphatic rings. The predicted octanol–water partition coefficient (Wildman–Crippen LogP) is 4.15. The zero-order chi connectivity index (χ0) is 13.3. The molecule has 18 heavy (non-hydrogen) atoms. The van der Waals surface area contributed by atoms with E-state index in [1.54, 1.807) is 24.3 Å². The Labute approximate surface area is 109 Å². The van der Waals surface area contributed by atoms with Crippen LogP contribution in [0.3, 0.4) is 0 Å². The fraction of sp³-hybridized carbons (Fsp3) is 0.0714. The maximum atomic E-state index is 13.6. The van der Waals surface area contributed by atoms with Crippen molar-refractivity contribution < 1.29 is 14.3 Å². The first-order valence-electron chi connectivity index (χ1n) is 5.28. The highest BCUT2D eigenvalue weighted by atomic mass is 35.5. The van der Waals surface area contributed by atoms with Crippen molar-refractivity contribution in [3.8, 4) is 11.1 Å². The van der Waals surface area contributed by atoms with Crippen molar-refractivity contribution in [3.63, 3.8) is 0 Å². The first kappa shape index (κ1) is 12.6. The number of benzene rings is 2. The lowest BCUT2D eigenvalue weighted by atomic mass is 9.98. The number of carbonyl (C=O) groups is 1. The molecule has 0 unspecified atom stereocenters. The number of carboxylic acid groups (broad SMARTS) is 1. The van der Waals surface area contributed by atoms with Gasteiger partial charge in [0.15, 0.2) is 0 Å². The van der Waals surface area contributed by atoms with Crippen molar-refractivity contribution in [1.82, 2.24) is 0 Å². The van der Waals surface area contributed by atoms with Gasteiger partial charge < -0.3 is 5.11 Å². The summed E-state index contributed by atoms with van der Waals surface area (Å²) in [5.74, 6) is -2.04. The molecule has 0 saturated heterocycles. The highest BCUT2D eigenvalue weighted by Gasteiger charge is 2.17. The van der Waals surface area contributed by atoms with Gasteiger partial charge >= 0.3 is 5.97 Å². The molecule has 0 heterocycles. The molecule has 0 radical (unpaired) electrons. The second-order valence-electron chi connectivity index (χ2n) is 3.98. The third-order valence-electron chi connectivity index (χ3n) is 2.58. The van der Waals surface area contributed by atoms with Crippen molar-refractivity contribution in [1.29, 1.82) is 0 Å². The number of carboxylic acids is 1. The molecular weight excluding hydrogens is 255 g/mol. The van der Waals surface area contributed by atoms with E-state index in [9.17, 15) is 9.18 Å². The minimum atomic E-state index is -1.29. The molecule has 2 aromatic carbocycles. The van der Waals surface area contributed by atoms with Crippen LogP contribution in [0.4, 0.5) is 4.39 Å². The highest BCUT2D eigenvalue weighted by Crippen LogP contribution is 2.29. The van der Waals surface area contributed by atoms with Crippen LogP contribution in [0.15, 0.2) is 36.4 Å². The lowest BCUT2D eigenvalue weighted by molar-refractivity contribution is 0.0693. The summed E-state index contributed by atoms with van der Waals surface area (Å²) in [5, 5.41) is 9.56. The molecular formula is C14H10ClFO2. The lowest BCUT2D eigenvalue weighted by Crippen LogP contribution is -2.03. The van der Waals surface area contributed by atoms with E-state index < -0.39 is 11.8 Å².